The van der Waals surface area contributed by atoms with Gasteiger partial charge in [-0.05, 0) is 30.4 Å². The lowest BCUT2D eigenvalue weighted by Gasteiger charge is -2.12. The van der Waals surface area contributed by atoms with Gasteiger partial charge in [0.25, 0.3) is 0 Å². The zero-order valence-electron chi connectivity index (χ0n) is 16.5. The van der Waals surface area contributed by atoms with Gasteiger partial charge >= 0.3 is 6.09 Å². The van der Waals surface area contributed by atoms with E-state index < -0.39 is 6.09 Å². The molecule has 0 bridgehead atoms. The molecule has 2 fully saturated rings. The summed E-state index contributed by atoms with van der Waals surface area (Å²) in [5, 5.41) is 13.2. The number of carbonyl (C=O) groups is 2. The molecule has 0 radical (unpaired) electrons. The van der Waals surface area contributed by atoms with Crippen molar-refractivity contribution in [1.82, 2.24) is 19.9 Å². The van der Waals surface area contributed by atoms with Crippen molar-refractivity contribution in [3.8, 4) is 0 Å². The number of carbonyl (C=O) groups excluding carboxylic acids is 2. The monoisotopic (exact) mass is 396 g/mol. The summed E-state index contributed by atoms with van der Waals surface area (Å²) < 4.78 is 6.89. The molecule has 9 heteroatoms. The van der Waals surface area contributed by atoms with Crippen LogP contribution in [-0.4, -0.2) is 39.2 Å². The highest BCUT2D eigenvalue weighted by atomic mass is 16.5. The Bertz CT molecular complexity index is 1020. The number of aromatic nitrogens is 3. The predicted octanol–water partition coefficient (Wildman–Crippen LogP) is 2.93. The lowest BCUT2D eigenvalue weighted by molar-refractivity contribution is -0.118. The first-order valence-electron chi connectivity index (χ1n) is 9.68. The van der Waals surface area contributed by atoms with Crippen LogP contribution in [0.5, 0.6) is 0 Å². The third kappa shape index (κ3) is 4.39. The molecule has 1 saturated carbocycles. The van der Waals surface area contributed by atoms with Crippen molar-refractivity contribution in [2.24, 2.45) is 5.92 Å². The summed E-state index contributed by atoms with van der Waals surface area (Å²) in [5.74, 6) is 1.26. The molecular formula is C20H24N6O3. The number of nitrogens with zero attached hydrogens (tertiary/aromatic N) is 3. The van der Waals surface area contributed by atoms with E-state index in [4.69, 9.17) is 4.74 Å². The topological polar surface area (TPSA) is 110 Å². The van der Waals surface area contributed by atoms with E-state index in [1.54, 1.807) is 16.8 Å². The number of ether oxygens (including phenoxy) is 1. The number of fused-ring (bicyclic) bond motifs is 1. The number of rotatable bonds is 6. The van der Waals surface area contributed by atoms with Crippen LogP contribution in [0.1, 0.15) is 38.7 Å². The molecule has 1 aliphatic carbocycles. The molecule has 2 aromatic rings. The molecule has 4 rings (SSSR count). The van der Waals surface area contributed by atoms with Crippen LogP contribution in [0, 0.1) is 5.92 Å². The van der Waals surface area contributed by atoms with Gasteiger partial charge in [-0.15, -0.1) is 0 Å². The van der Waals surface area contributed by atoms with Crippen LogP contribution in [0.4, 0.5) is 16.4 Å². The minimum Gasteiger partial charge on any atom is -0.449 e. The van der Waals surface area contributed by atoms with Crippen molar-refractivity contribution in [1.29, 1.82) is 0 Å². The largest absolute Gasteiger partial charge is 0.449 e. The second-order valence-corrected chi connectivity index (χ2v) is 7.77. The van der Waals surface area contributed by atoms with Crippen molar-refractivity contribution >= 4 is 35.4 Å². The van der Waals surface area contributed by atoms with E-state index >= 15 is 0 Å². The fourth-order valence-electron chi connectivity index (χ4n) is 2.97. The summed E-state index contributed by atoms with van der Waals surface area (Å²) in [6.07, 6.45) is 5.43. The molecule has 1 saturated heterocycles. The standard InChI is InChI=1S/C20H24N6O3/c1-11(2)10-29-20(28)25-16-8-17(23-15-4-5-15)26-19(24-16)14(9-21-26)6-13-7-18(27)22-12(13)3/h6,8-9,11,15,23H,3-5,7,10H2,1-2H3,(H,22,27)(H,24,25,28)/b13-6+. The Balaban J connectivity index is 1.67. The van der Waals surface area contributed by atoms with Crippen molar-refractivity contribution < 1.29 is 14.3 Å². The quantitative estimate of drug-likeness (QED) is 0.693. The molecular weight excluding hydrogens is 372 g/mol. The molecule has 3 heterocycles. The Morgan fingerprint density at radius 1 is 1.48 bits per heavy atom. The van der Waals surface area contributed by atoms with Gasteiger partial charge in [0.05, 0.1) is 19.2 Å². The first kappa shape index (κ1) is 19.0. The summed E-state index contributed by atoms with van der Waals surface area (Å²) in [5.41, 5.74) is 2.67. The highest BCUT2D eigenvalue weighted by Crippen LogP contribution is 2.28. The Labute approximate surface area is 168 Å². The van der Waals surface area contributed by atoms with Gasteiger partial charge in [0.1, 0.15) is 11.6 Å². The molecule has 0 spiro atoms. The van der Waals surface area contributed by atoms with Crippen LogP contribution in [0.2, 0.25) is 0 Å². The molecule has 29 heavy (non-hydrogen) atoms. The maximum atomic E-state index is 12.1. The fourth-order valence-corrected chi connectivity index (χ4v) is 2.97. The fraction of sp³-hybridized carbons (Fsp3) is 0.400. The second-order valence-electron chi connectivity index (χ2n) is 7.77. The van der Waals surface area contributed by atoms with E-state index in [1.807, 2.05) is 19.9 Å². The Kier molecular flexibility index (Phi) is 4.96. The van der Waals surface area contributed by atoms with Crippen molar-refractivity contribution in [3.05, 3.63) is 35.7 Å². The molecule has 0 aromatic carbocycles. The first-order valence-corrected chi connectivity index (χ1v) is 9.68. The van der Waals surface area contributed by atoms with E-state index in [9.17, 15) is 9.59 Å². The van der Waals surface area contributed by atoms with Gasteiger partial charge in [0.15, 0.2) is 5.65 Å². The average Bonchev–Trinajstić information content (AvgIpc) is 3.29. The highest BCUT2D eigenvalue weighted by molar-refractivity contribution is 5.90. The highest BCUT2D eigenvalue weighted by Gasteiger charge is 2.24. The molecule has 3 N–H and O–H groups in total. The summed E-state index contributed by atoms with van der Waals surface area (Å²) in [6.45, 7) is 8.14. The van der Waals surface area contributed by atoms with Gasteiger partial charge in [-0.25, -0.2) is 9.78 Å². The normalized spacial score (nSPS) is 17.8. The maximum Gasteiger partial charge on any atom is 0.412 e. The summed E-state index contributed by atoms with van der Waals surface area (Å²) >= 11 is 0. The molecule has 0 unspecified atom stereocenters. The van der Waals surface area contributed by atoms with Gasteiger partial charge in [-0.1, -0.05) is 20.4 Å². The number of amides is 2. The number of allylic oxidation sites excluding steroid dienone is 1. The SMILES string of the molecule is C=C1NC(=O)C/C1=C\c1cnn2c(NC3CC3)cc(NC(=O)OCC(C)C)nc12. The summed E-state index contributed by atoms with van der Waals surface area (Å²) in [4.78, 5) is 28.2. The molecule has 2 aliphatic rings. The predicted molar refractivity (Wildman–Crippen MR) is 109 cm³/mol. The number of anilines is 2. The van der Waals surface area contributed by atoms with Crippen LogP contribution in [0.3, 0.4) is 0 Å². The van der Waals surface area contributed by atoms with Gasteiger partial charge in [-0.2, -0.15) is 9.61 Å². The van der Waals surface area contributed by atoms with E-state index in [1.165, 1.54) is 0 Å². The molecule has 152 valence electrons. The summed E-state index contributed by atoms with van der Waals surface area (Å²) in [7, 11) is 0. The van der Waals surface area contributed by atoms with Crippen molar-refractivity contribution in [2.75, 3.05) is 17.2 Å². The number of nitrogens with one attached hydrogen (secondary N) is 3. The van der Waals surface area contributed by atoms with E-state index in [2.05, 4.69) is 32.6 Å². The smallest absolute Gasteiger partial charge is 0.412 e. The van der Waals surface area contributed by atoms with Gasteiger partial charge < -0.3 is 15.4 Å². The van der Waals surface area contributed by atoms with Gasteiger partial charge in [0.2, 0.25) is 5.91 Å². The third-order valence-corrected chi connectivity index (χ3v) is 4.57. The molecule has 1 aliphatic heterocycles. The second kappa shape index (κ2) is 7.57. The average molecular weight is 396 g/mol. The maximum absolute atomic E-state index is 12.1. The third-order valence-electron chi connectivity index (χ3n) is 4.57. The Morgan fingerprint density at radius 3 is 2.93 bits per heavy atom. The Hall–Kier alpha value is -3.36. The number of hydrogen-bond acceptors (Lipinski definition) is 6. The zero-order valence-corrected chi connectivity index (χ0v) is 16.5. The zero-order chi connectivity index (χ0) is 20.5. The van der Waals surface area contributed by atoms with E-state index in [0.29, 0.717) is 29.8 Å². The van der Waals surface area contributed by atoms with Crippen LogP contribution in [0.25, 0.3) is 11.7 Å². The van der Waals surface area contributed by atoms with E-state index in [-0.39, 0.29) is 18.2 Å². The molecule has 9 nitrogen and oxygen atoms in total. The van der Waals surface area contributed by atoms with Crippen LogP contribution in [-0.2, 0) is 9.53 Å². The Morgan fingerprint density at radius 2 is 2.28 bits per heavy atom. The van der Waals surface area contributed by atoms with Crippen molar-refractivity contribution in [2.45, 2.75) is 39.2 Å². The van der Waals surface area contributed by atoms with E-state index in [0.717, 1.165) is 29.8 Å². The van der Waals surface area contributed by atoms with Crippen LogP contribution >= 0.6 is 0 Å². The van der Waals surface area contributed by atoms with Crippen molar-refractivity contribution in [3.63, 3.8) is 0 Å². The molecule has 0 atom stereocenters. The van der Waals surface area contributed by atoms with Crippen LogP contribution < -0.4 is 16.0 Å². The lowest BCUT2D eigenvalue weighted by Crippen LogP contribution is -2.18. The summed E-state index contributed by atoms with van der Waals surface area (Å²) in [6, 6.07) is 2.13. The van der Waals surface area contributed by atoms with Gasteiger partial charge in [-0.3, -0.25) is 10.1 Å². The minimum atomic E-state index is -0.550. The van der Waals surface area contributed by atoms with Gasteiger partial charge in [0, 0.05) is 23.4 Å². The molecule has 2 amide bonds. The molecule has 2 aromatic heterocycles. The number of hydrogen-bond donors (Lipinski definition) is 3. The van der Waals surface area contributed by atoms with Crippen LogP contribution in [0.15, 0.2) is 30.1 Å². The first-order chi connectivity index (χ1) is 13.9. The minimum absolute atomic E-state index is 0.0861. The lowest BCUT2D eigenvalue weighted by atomic mass is 10.1.